The van der Waals surface area contributed by atoms with Gasteiger partial charge in [0.1, 0.15) is 11.9 Å². The third kappa shape index (κ3) is 2.41. The molecule has 1 fully saturated rings. The molecule has 0 radical (unpaired) electrons. The van der Waals surface area contributed by atoms with Crippen molar-refractivity contribution in [2.45, 2.75) is 6.04 Å². The molecule has 0 amide bonds. The molecule has 4 nitrogen and oxygen atoms in total. The zero-order chi connectivity index (χ0) is 13.1. The van der Waals surface area contributed by atoms with Crippen molar-refractivity contribution in [1.29, 1.82) is 5.26 Å². The van der Waals surface area contributed by atoms with Gasteiger partial charge in [-0.15, -0.1) is 0 Å². The number of anilines is 1. The highest BCUT2D eigenvalue weighted by atomic mass is 32.2. The van der Waals surface area contributed by atoms with Crippen LogP contribution in [0.3, 0.4) is 0 Å². The van der Waals surface area contributed by atoms with Crippen LogP contribution in [0.15, 0.2) is 18.2 Å². The van der Waals surface area contributed by atoms with Gasteiger partial charge in [-0.1, -0.05) is 0 Å². The first-order valence-electron chi connectivity index (χ1n) is 5.40. The Balaban J connectivity index is 2.34. The van der Waals surface area contributed by atoms with Crippen LogP contribution in [0.25, 0.3) is 0 Å². The number of hydrogen-bond acceptors (Lipinski definition) is 4. The third-order valence-electron chi connectivity index (χ3n) is 2.80. The quantitative estimate of drug-likeness (QED) is 0.882. The molecule has 94 valence electrons. The van der Waals surface area contributed by atoms with E-state index in [1.165, 1.54) is 12.1 Å². The van der Waals surface area contributed by atoms with E-state index in [-0.39, 0.29) is 11.3 Å². The number of hydrogen-bond donors (Lipinski definition) is 1. The smallest absolute Gasteiger partial charge is 0.327 e. The topological polar surface area (TPSA) is 64.3 Å². The highest BCUT2D eigenvalue weighted by Gasteiger charge is 2.30. The minimum Gasteiger partial charge on any atom is -0.480 e. The lowest BCUT2D eigenvalue weighted by Gasteiger charge is -2.34. The normalized spacial score (nSPS) is 19.3. The molecule has 1 aromatic carbocycles. The van der Waals surface area contributed by atoms with E-state index >= 15 is 0 Å². The van der Waals surface area contributed by atoms with Crippen molar-refractivity contribution < 1.29 is 14.3 Å². The molecule has 0 bridgehead atoms. The number of rotatable bonds is 2. The Morgan fingerprint density at radius 2 is 2.39 bits per heavy atom. The zero-order valence-electron chi connectivity index (χ0n) is 9.47. The molecule has 1 aromatic rings. The zero-order valence-corrected chi connectivity index (χ0v) is 10.3. The molecule has 18 heavy (non-hydrogen) atoms. The van der Waals surface area contributed by atoms with Crippen molar-refractivity contribution in [3.63, 3.8) is 0 Å². The van der Waals surface area contributed by atoms with Crippen LogP contribution in [0.4, 0.5) is 10.1 Å². The maximum absolute atomic E-state index is 13.9. The van der Waals surface area contributed by atoms with Gasteiger partial charge >= 0.3 is 5.97 Å². The van der Waals surface area contributed by atoms with Crippen molar-refractivity contribution in [2.24, 2.45) is 0 Å². The highest BCUT2D eigenvalue weighted by molar-refractivity contribution is 7.99. The highest BCUT2D eigenvalue weighted by Crippen LogP contribution is 2.27. The van der Waals surface area contributed by atoms with Gasteiger partial charge in [0.25, 0.3) is 0 Å². The molecule has 0 aliphatic carbocycles. The van der Waals surface area contributed by atoms with Gasteiger partial charge in [0.15, 0.2) is 0 Å². The van der Waals surface area contributed by atoms with Gasteiger partial charge in [0.2, 0.25) is 0 Å². The van der Waals surface area contributed by atoms with Crippen LogP contribution >= 0.6 is 11.8 Å². The molecule has 1 aliphatic rings. The number of halogens is 1. The van der Waals surface area contributed by atoms with E-state index < -0.39 is 17.8 Å². The summed E-state index contributed by atoms with van der Waals surface area (Å²) in [7, 11) is 0. The molecular weight excluding hydrogens is 255 g/mol. The summed E-state index contributed by atoms with van der Waals surface area (Å²) < 4.78 is 13.9. The van der Waals surface area contributed by atoms with Gasteiger partial charge in [0.05, 0.1) is 17.3 Å². The predicted octanol–water partition coefficient (Wildman–Crippen LogP) is 1.70. The number of carboxylic acid groups (broad SMARTS) is 1. The van der Waals surface area contributed by atoms with Gasteiger partial charge in [-0.05, 0) is 18.2 Å². The van der Waals surface area contributed by atoms with E-state index in [1.54, 1.807) is 16.7 Å². The van der Waals surface area contributed by atoms with Crippen LogP contribution in [0.5, 0.6) is 0 Å². The van der Waals surface area contributed by atoms with Gasteiger partial charge in [-0.2, -0.15) is 17.0 Å². The average molecular weight is 266 g/mol. The Morgan fingerprint density at radius 1 is 1.61 bits per heavy atom. The Labute approximate surface area is 108 Å². The Bertz CT molecular complexity index is 515. The molecule has 6 heteroatoms. The van der Waals surface area contributed by atoms with Gasteiger partial charge in [-0.25, -0.2) is 9.18 Å². The summed E-state index contributed by atoms with van der Waals surface area (Å²) in [6, 6.07) is 5.24. The molecule has 1 N–H and O–H groups in total. The minimum absolute atomic E-state index is 0.231. The van der Waals surface area contributed by atoms with Crippen molar-refractivity contribution in [3.8, 4) is 6.07 Å². The average Bonchev–Trinajstić information content (AvgIpc) is 2.38. The van der Waals surface area contributed by atoms with Crippen molar-refractivity contribution in [2.75, 3.05) is 23.0 Å². The van der Waals surface area contributed by atoms with Gasteiger partial charge in [-0.3, -0.25) is 0 Å². The molecule has 0 spiro atoms. The Kier molecular flexibility index (Phi) is 3.72. The monoisotopic (exact) mass is 266 g/mol. The number of benzene rings is 1. The van der Waals surface area contributed by atoms with E-state index in [1.807, 2.05) is 6.07 Å². The number of nitriles is 1. The van der Waals surface area contributed by atoms with Crippen LogP contribution in [0.2, 0.25) is 0 Å². The van der Waals surface area contributed by atoms with Crippen LogP contribution in [-0.2, 0) is 4.79 Å². The lowest BCUT2D eigenvalue weighted by atomic mass is 10.1. The fourth-order valence-electron chi connectivity index (χ4n) is 1.91. The molecule has 1 aliphatic heterocycles. The third-order valence-corrected chi connectivity index (χ3v) is 3.82. The summed E-state index contributed by atoms with van der Waals surface area (Å²) in [5.74, 6) is -0.295. The second-order valence-electron chi connectivity index (χ2n) is 3.90. The second-order valence-corrected chi connectivity index (χ2v) is 5.05. The summed E-state index contributed by atoms with van der Waals surface area (Å²) >= 11 is 1.55. The Morgan fingerprint density at radius 3 is 3.00 bits per heavy atom. The van der Waals surface area contributed by atoms with E-state index in [4.69, 9.17) is 10.4 Å². The van der Waals surface area contributed by atoms with Crippen molar-refractivity contribution in [1.82, 2.24) is 0 Å². The predicted molar refractivity (Wildman–Crippen MR) is 67.2 cm³/mol. The molecule has 1 saturated heterocycles. The first-order chi connectivity index (χ1) is 8.63. The second kappa shape index (κ2) is 5.27. The van der Waals surface area contributed by atoms with E-state index in [0.29, 0.717) is 12.3 Å². The van der Waals surface area contributed by atoms with E-state index in [2.05, 4.69) is 0 Å². The molecule has 0 saturated carbocycles. The largest absolute Gasteiger partial charge is 0.480 e. The van der Waals surface area contributed by atoms with Crippen LogP contribution in [-0.4, -0.2) is 35.2 Å². The SMILES string of the molecule is N#Cc1ccc(N2CCSCC2C(=O)O)c(F)c1. The first-order valence-corrected chi connectivity index (χ1v) is 6.56. The van der Waals surface area contributed by atoms with Crippen molar-refractivity contribution in [3.05, 3.63) is 29.6 Å². The fourth-order valence-corrected chi connectivity index (χ4v) is 2.94. The molecule has 0 aromatic heterocycles. The van der Waals surface area contributed by atoms with Gasteiger partial charge < -0.3 is 10.0 Å². The van der Waals surface area contributed by atoms with Crippen LogP contribution in [0.1, 0.15) is 5.56 Å². The molecule has 2 rings (SSSR count). The van der Waals surface area contributed by atoms with Crippen LogP contribution < -0.4 is 4.90 Å². The minimum atomic E-state index is -0.953. The molecule has 1 unspecified atom stereocenters. The standard InChI is InChI=1S/C12H11FN2O2S/c13-9-5-8(6-14)1-2-10(9)15-3-4-18-7-11(15)12(16)17/h1-2,5,11H,3-4,7H2,(H,16,17). The van der Waals surface area contributed by atoms with Crippen LogP contribution in [0, 0.1) is 17.1 Å². The molecule has 1 heterocycles. The number of carboxylic acids is 1. The first kappa shape index (κ1) is 12.7. The summed E-state index contributed by atoms with van der Waals surface area (Å²) in [5, 5.41) is 17.8. The molecule has 1 atom stereocenters. The lowest BCUT2D eigenvalue weighted by molar-refractivity contribution is -0.138. The summed E-state index contributed by atoms with van der Waals surface area (Å²) in [6.45, 7) is 0.491. The van der Waals surface area contributed by atoms with Gasteiger partial charge in [0, 0.05) is 18.1 Å². The molecular formula is C12H11FN2O2S. The van der Waals surface area contributed by atoms with E-state index in [0.717, 1.165) is 11.8 Å². The summed E-state index contributed by atoms with van der Waals surface area (Å²) in [6.07, 6.45) is 0. The number of aliphatic carboxylic acids is 1. The number of nitrogens with zero attached hydrogens (tertiary/aromatic N) is 2. The number of thioether (sulfide) groups is 1. The maximum Gasteiger partial charge on any atom is 0.327 e. The maximum atomic E-state index is 13.9. The van der Waals surface area contributed by atoms with E-state index in [9.17, 15) is 9.18 Å². The summed E-state index contributed by atoms with van der Waals surface area (Å²) in [5.41, 5.74) is 0.483. The lowest BCUT2D eigenvalue weighted by Crippen LogP contribution is -2.47. The van der Waals surface area contributed by atoms with Crippen molar-refractivity contribution >= 4 is 23.4 Å². The number of carbonyl (C=O) groups is 1. The summed E-state index contributed by atoms with van der Waals surface area (Å²) in [4.78, 5) is 12.7. The fraction of sp³-hybridized carbons (Fsp3) is 0.333. The Hall–Kier alpha value is -1.74.